The van der Waals surface area contributed by atoms with E-state index in [4.69, 9.17) is 39.5 Å². The molecule has 2 aromatic heterocycles. The predicted molar refractivity (Wildman–Crippen MR) is 148 cm³/mol. The van der Waals surface area contributed by atoms with E-state index in [0.717, 1.165) is 55.4 Å². The van der Waals surface area contributed by atoms with Crippen molar-refractivity contribution in [1.82, 2.24) is 0 Å². The van der Waals surface area contributed by atoms with Gasteiger partial charge in [-0.1, -0.05) is 48.5 Å². The second-order valence-electron chi connectivity index (χ2n) is 8.75. The van der Waals surface area contributed by atoms with Crippen LogP contribution in [0, 0.1) is 0 Å². The van der Waals surface area contributed by atoms with Crippen LogP contribution in [-0.2, 0) is 20.2 Å². The number of halogens is 6. The van der Waals surface area contributed by atoms with E-state index < -0.39 is 31.3 Å². The molecular formula is C28H16F6O9S2. The van der Waals surface area contributed by atoms with Gasteiger partial charge in [0.2, 0.25) is 0 Å². The van der Waals surface area contributed by atoms with Gasteiger partial charge in [-0.15, -0.1) is 0 Å². The Morgan fingerprint density at radius 3 is 0.867 bits per heavy atom. The van der Waals surface area contributed by atoms with Crippen molar-refractivity contribution in [3.63, 3.8) is 0 Å². The average Bonchev–Trinajstić information content (AvgIpc) is 2.95. The molecule has 0 N–H and O–H groups in total. The smallest absolute Gasteiger partial charge is 0.485 e. The van der Waals surface area contributed by atoms with Gasteiger partial charge in [-0.25, -0.2) is 25.7 Å². The first-order chi connectivity index (χ1) is 20.9. The Labute approximate surface area is 249 Å². The highest BCUT2D eigenvalue weighted by atomic mass is 32.2. The molecule has 236 valence electrons. The minimum Gasteiger partial charge on any atom is -0.741 e. The molecule has 0 saturated carbocycles. The number of rotatable bonds is 2. The summed E-state index contributed by atoms with van der Waals surface area (Å²) >= 11 is 0. The molecule has 45 heavy (non-hydrogen) atoms. The summed E-state index contributed by atoms with van der Waals surface area (Å²) in [5.41, 5.74) is -8.14. The van der Waals surface area contributed by atoms with Crippen LogP contribution in [0.5, 0.6) is 11.5 Å². The lowest BCUT2D eigenvalue weighted by Crippen LogP contribution is -2.21. The molecule has 0 radical (unpaired) electrons. The SMILES string of the molecule is O=S(=O)([O-])C(F)(F)F.O=S(=O)([O-])C(F)(F)F.c1ccc2c(Oc3c4ccccc4[o+]c4ccccc34)c3ccccc3[o+]c2c1. The average molecular weight is 675 g/mol. The van der Waals surface area contributed by atoms with E-state index in [0.29, 0.717) is 0 Å². The van der Waals surface area contributed by atoms with Crippen molar-refractivity contribution in [2.24, 2.45) is 0 Å². The van der Waals surface area contributed by atoms with Gasteiger partial charge in [0, 0.05) is 24.3 Å². The molecule has 2 heterocycles. The maximum atomic E-state index is 10.7. The zero-order valence-corrected chi connectivity index (χ0v) is 23.6. The number of ether oxygens (including phenoxy) is 1. The Morgan fingerprint density at radius 2 is 0.667 bits per heavy atom. The molecule has 0 amide bonds. The molecule has 6 aromatic rings. The summed E-state index contributed by atoms with van der Waals surface area (Å²) in [6.45, 7) is 0. The lowest BCUT2D eigenvalue weighted by atomic mass is 10.1. The van der Waals surface area contributed by atoms with Crippen molar-refractivity contribution in [3.05, 3.63) is 97.1 Å². The van der Waals surface area contributed by atoms with Crippen LogP contribution in [0.15, 0.2) is 106 Å². The standard InChI is InChI=1S/C26H16O3.2CHF3O3S/c1-5-13-21-17(9-1)25(18-10-2-6-14-22(18)27-21)29-26-19-11-3-7-15-23(19)28-24-16-8-4-12-20(24)26;2*2-1(3,4)8(5,6)7/h1-16H;2*(H,5,6,7)/q+2;;/p-2. The van der Waals surface area contributed by atoms with Crippen LogP contribution in [-0.4, -0.2) is 37.0 Å². The molecule has 0 spiro atoms. The lowest BCUT2D eigenvalue weighted by Gasteiger charge is -2.09. The van der Waals surface area contributed by atoms with Crippen molar-refractivity contribution in [3.8, 4) is 11.5 Å². The van der Waals surface area contributed by atoms with E-state index >= 15 is 0 Å². The Kier molecular flexibility index (Phi) is 9.20. The first kappa shape index (κ1) is 33.3. The summed E-state index contributed by atoms with van der Waals surface area (Å²) in [5, 5.41) is 3.72. The lowest BCUT2D eigenvalue weighted by molar-refractivity contribution is -0.0522. The maximum absolute atomic E-state index is 10.7. The quantitative estimate of drug-likeness (QED) is 0.0587. The Bertz CT molecular complexity index is 1970. The van der Waals surface area contributed by atoms with Crippen molar-refractivity contribution in [2.75, 3.05) is 0 Å². The number of alkyl halides is 6. The van der Waals surface area contributed by atoms with Gasteiger partial charge in [0.1, 0.15) is 21.5 Å². The van der Waals surface area contributed by atoms with E-state index in [1.54, 1.807) is 0 Å². The highest BCUT2D eigenvalue weighted by Crippen LogP contribution is 2.42. The van der Waals surface area contributed by atoms with E-state index in [9.17, 15) is 26.3 Å². The zero-order chi connectivity index (χ0) is 33.2. The molecular weight excluding hydrogens is 658 g/mol. The van der Waals surface area contributed by atoms with E-state index in [2.05, 4.69) is 0 Å². The van der Waals surface area contributed by atoms with Crippen molar-refractivity contribution in [2.45, 2.75) is 11.0 Å². The minimum absolute atomic E-state index is 0.781. The van der Waals surface area contributed by atoms with Crippen molar-refractivity contribution < 1.29 is 65.9 Å². The van der Waals surface area contributed by atoms with Gasteiger partial charge in [-0.05, 0) is 24.3 Å². The second-order valence-corrected chi connectivity index (χ2v) is 11.5. The summed E-state index contributed by atoms with van der Waals surface area (Å²) < 4.78 is 137. The molecule has 0 bridgehead atoms. The van der Waals surface area contributed by atoms with Crippen LogP contribution < -0.4 is 4.74 Å². The third-order valence-electron chi connectivity index (χ3n) is 5.74. The number of benzene rings is 4. The molecule has 0 unspecified atom stereocenters. The van der Waals surface area contributed by atoms with Crippen LogP contribution in [0.1, 0.15) is 0 Å². The third-order valence-corrected chi connectivity index (χ3v) is 6.87. The molecule has 9 nitrogen and oxygen atoms in total. The molecule has 4 aromatic carbocycles. The van der Waals surface area contributed by atoms with E-state index in [1.807, 2.05) is 97.1 Å². The van der Waals surface area contributed by atoms with Crippen molar-refractivity contribution in [1.29, 1.82) is 0 Å². The summed E-state index contributed by atoms with van der Waals surface area (Å²) in [6.07, 6.45) is 0. The van der Waals surface area contributed by atoms with Gasteiger partial charge in [0.05, 0.1) is 0 Å². The molecule has 0 atom stereocenters. The summed E-state index contributed by atoms with van der Waals surface area (Å²) in [6, 6.07) is 31.8. The van der Waals surface area contributed by atoms with Crippen LogP contribution in [0.4, 0.5) is 26.3 Å². The molecule has 0 fully saturated rings. The maximum Gasteiger partial charge on any atom is 0.485 e. The van der Waals surface area contributed by atoms with Crippen LogP contribution in [0.25, 0.3) is 43.9 Å². The molecule has 17 heteroatoms. The Balaban J connectivity index is 0.000000240. The van der Waals surface area contributed by atoms with Gasteiger partial charge in [0.25, 0.3) is 0 Å². The van der Waals surface area contributed by atoms with Crippen LogP contribution in [0.3, 0.4) is 0 Å². The highest BCUT2D eigenvalue weighted by Gasteiger charge is 2.37. The minimum atomic E-state index is -6.09. The summed E-state index contributed by atoms with van der Waals surface area (Å²) in [5.74, 6) is 1.56. The molecule has 0 aliphatic rings. The highest BCUT2D eigenvalue weighted by molar-refractivity contribution is 7.86. The largest absolute Gasteiger partial charge is 0.741 e. The molecule has 0 saturated heterocycles. The fourth-order valence-electron chi connectivity index (χ4n) is 3.82. The number of para-hydroxylation sites is 4. The first-order valence-electron chi connectivity index (χ1n) is 12.1. The Hall–Kier alpha value is -4.58. The summed E-state index contributed by atoms with van der Waals surface area (Å²) in [7, 11) is -12.2. The number of hydrogen-bond donors (Lipinski definition) is 0. The molecule has 0 aliphatic carbocycles. The Morgan fingerprint density at radius 1 is 0.467 bits per heavy atom. The van der Waals surface area contributed by atoms with Gasteiger partial charge in [-0.2, -0.15) is 26.3 Å². The predicted octanol–water partition coefficient (Wildman–Crippen LogP) is 7.94. The van der Waals surface area contributed by atoms with Crippen LogP contribution in [0.2, 0.25) is 0 Å². The third kappa shape index (κ3) is 7.56. The van der Waals surface area contributed by atoms with Gasteiger partial charge in [-0.3, -0.25) is 0 Å². The normalized spacial score (nSPS) is 12.4. The van der Waals surface area contributed by atoms with E-state index in [1.165, 1.54) is 0 Å². The van der Waals surface area contributed by atoms with Crippen LogP contribution >= 0.6 is 0 Å². The van der Waals surface area contributed by atoms with Crippen molar-refractivity contribution >= 4 is 64.1 Å². The summed E-state index contributed by atoms with van der Waals surface area (Å²) in [4.78, 5) is 0. The topological polar surface area (TPSA) is 146 Å². The van der Waals surface area contributed by atoms with Gasteiger partial charge >= 0.3 is 33.3 Å². The fraction of sp³-hybridized carbons (Fsp3) is 0.0714. The number of fused-ring (bicyclic) bond motifs is 4. The second kappa shape index (κ2) is 12.4. The van der Waals surface area contributed by atoms with Gasteiger partial charge < -0.3 is 13.8 Å². The molecule has 0 aliphatic heterocycles. The zero-order valence-electron chi connectivity index (χ0n) is 22.0. The molecule has 6 rings (SSSR count). The number of hydrogen-bond acceptors (Lipinski definition) is 7. The monoisotopic (exact) mass is 674 g/mol. The first-order valence-corrected chi connectivity index (χ1v) is 14.9. The fourth-order valence-corrected chi connectivity index (χ4v) is 3.82. The van der Waals surface area contributed by atoms with Gasteiger partial charge in [0.15, 0.2) is 31.7 Å². The van der Waals surface area contributed by atoms with E-state index in [-0.39, 0.29) is 0 Å².